The average molecular weight is 425 g/mol. The molecule has 0 fully saturated rings. The first-order valence-electron chi connectivity index (χ1n) is 9.27. The van der Waals surface area contributed by atoms with Crippen molar-refractivity contribution in [3.05, 3.63) is 52.3 Å². The van der Waals surface area contributed by atoms with Crippen LogP contribution < -0.4 is 10.7 Å². The molecule has 0 radical (unpaired) electrons. The van der Waals surface area contributed by atoms with Crippen LogP contribution in [0.4, 0.5) is 13.2 Å². The molecule has 2 aliphatic rings. The van der Waals surface area contributed by atoms with Crippen LogP contribution in [0.1, 0.15) is 40.3 Å². The van der Waals surface area contributed by atoms with Gasteiger partial charge in [-0.3, -0.25) is 25.0 Å². The summed E-state index contributed by atoms with van der Waals surface area (Å²) in [7, 11) is 1.53. The minimum Gasteiger partial charge on any atom is -0.468 e. The number of nitrogens with zero attached hydrogens (tertiary/aromatic N) is 3. The Morgan fingerprint density at radius 3 is 2.77 bits per heavy atom. The van der Waals surface area contributed by atoms with Crippen molar-refractivity contribution in [3.63, 3.8) is 0 Å². The molecule has 2 aliphatic heterocycles. The van der Waals surface area contributed by atoms with Gasteiger partial charge in [0.05, 0.1) is 12.2 Å². The molecule has 11 heteroatoms. The maximum absolute atomic E-state index is 12.8. The van der Waals surface area contributed by atoms with Crippen molar-refractivity contribution in [2.45, 2.75) is 26.6 Å². The lowest BCUT2D eigenvalue weighted by molar-refractivity contribution is -0.170. The maximum atomic E-state index is 12.8. The number of carbonyl (C=O) groups excluding carboxylic acids is 2. The lowest BCUT2D eigenvalue weighted by Gasteiger charge is -2.32. The zero-order chi connectivity index (χ0) is 22.1. The zero-order valence-corrected chi connectivity index (χ0v) is 16.8. The number of halogens is 3. The molecule has 2 amide bonds. The normalized spacial score (nSPS) is 16.3. The van der Waals surface area contributed by atoms with Crippen LogP contribution >= 0.6 is 0 Å². The SMILES string of the molecule is CCNC(=O)c1nccc2c1CN(CC1=CC(C)=C(OCC(F)(F)F)N(C)N1)C2=O. The van der Waals surface area contributed by atoms with E-state index in [2.05, 4.69) is 15.7 Å². The summed E-state index contributed by atoms with van der Waals surface area (Å²) >= 11 is 0. The summed E-state index contributed by atoms with van der Waals surface area (Å²) in [5.74, 6) is -0.539. The fraction of sp³-hybridized carbons (Fsp3) is 0.421. The summed E-state index contributed by atoms with van der Waals surface area (Å²) in [6.07, 6.45) is -1.39. The first-order chi connectivity index (χ1) is 14.1. The van der Waals surface area contributed by atoms with Crippen molar-refractivity contribution in [2.75, 3.05) is 26.7 Å². The average Bonchev–Trinajstić information content (AvgIpc) is 2.96. The van der Waals surface area contributed by atoms with Gasteiger partial charge >= 0.3 is 6.18 Å². The van der Waals surface area contributed by atoms with E-state index in [4.69, 9.17) is 4.74 Å². The molecule has 0 spiro atoms. The molecule has 3 rings (SSSR count). The molecule has 2 N–H and O–H groups in total. The van der Waals surface area contributed by atoms with Gasteiger partial charge in [-0.1, -0.05) is 0 Å². The lowest BCUT2D eigenvalue weighted by atomic mass is 10.1. The summed E-state index contributed by atoms with van der Waals surface area (Å²) in [6, 6.07) is 1.57. The number of amides is 2. The third-order valence-electron chi connectivity index (χ3n) is 4.55. The standard InChI is InChI=1S/C19H22F3N5O3/c1-4-23-16(28)15-14-9-27(17(29)13(14)5-6-24-15)8-12-7-11(2)18(26(3)25-12)30-10-19(20,21)22/h5-7,25H,4,8-10H2,1-3H3,(H,23,28). The van der Waals surface area contributed by atoms with E-state index in [9.17, 15) is 22.8 Å². The van der Waals surface area contributed by atoms with E-state index < -0.39 is 12.8 Å². The molecule has 8 nitrogen and oxygen atoms in total. The Balaban J connectivity index is 1.76. The molecule has 30 heavy (non-hydrogen) atoms. The fourth-order valence-corrected chi connectivity index (χ4v) is 3.39. The van der Waals surface area contributed by atoms with Crippen LogP contribution in [0, 0.1) is 0 Å². The topological polar surface area (TPSA) is 86.8 Å². The van der Waals surface area contributed by atoms with E-state index in [0.717, 1.165) is 0 Å². The predicted octanol–water partition coefficient (Wildman–Crippen LogP) is 1.93. The molecule has 162 valence electrons. The highest BCUT2D eigenvalue weighted by Crippen LogP contribution is 2.27. The molecule has 0 saturated heterocycles. The quantitative estimate of drug-likeness (QED) is 0.725. The Kier molecular flexibility index (Phi) is 5.90. The third kappa shape index (κ3) is 4.50. The Labute approximate surface area is 171 Å². The number of aromatic nitrogens is 1. The van der Waals surface area contributed by atoms with Gasteiger partial charge in [-0.15, -0.1) is 0 Å². The van der Waals surface area contributed by atoms with Gasteiger partial charge in [-0.05, 0) is 26.0 Å². The number of fused-ring (bicyclic) bond motifs is 1. The molecule has 0 unspecified atom stereocenters. The number of carbonyl (C=O) groups is 2. The number of ether oxygens (including phenoxy) is 1. The largest absolute Gasteiger partial charge is 0.468 e. The Hall–Kier alpha value is -3.24. The number of hydrogen-bond acceptors (Lipinski definition) is 6. The van der Waals surface area contributed by atoms with Gasteiger partial charge in [0.2, 0.25) is 5.88 Å². The molecular formula is C19H22F3N5O3. The van der Waals surface area contributed by atoms with E-state index >= 15 is 0 Å². The van der Waals surface area contributed by atoms with E-state index in [1.807, 2.05) is 0 Å². The molecule has 0 atom stereocenters. The van der Waals surface area contributed by atoms with Crippen molar-refractivity contribution in [1.82, 2.24) is 25.6 Å². The summed E-state index contributed by atoms with van der Waals surface area (Å²) < 4.78 is 42.2. The molecule has 1 aromatic heterocycles. The Morgan fingerprint density at radius 1 is 1.40 bits per heavy atom. The van der Waals surface area contributed by atoms with E-state index in [0.29, 0.717) is 28.9 Å². The van der Waals surface area contributed by atoms with Gasteiger partial charge in [-0.2, -0.15) is 13.2 Å². The molecular weight excluding hydrogens is 403 g/mol. The minimum atomic E-state index is -4.44. The summed E-state index contributed by atoms with van der Waals surface area (Å²) in [5, 5.41) is 4.02. The highest BCUT2D eigenvalue weighted by molar-refractivity contribution is 6.03. The van der Waals surface area contributed by atoms with Crippen molar-refractivity contribution >= 4 is 11.8 Å². The first kappa shape index (κ1) is 21.5. The molecule has 3 heterocycles. The van der Waals surface area contributed by atoms with Crippen LogP contribution in [0.3, 0.4) is 0 Å². The smallest absolute Gasteiger partial charge is 0.422 e. The number of hydrazine groups is 1. The lowest BCUT2D eigenvalue weighted by Crippen LogP contribution is -2.42. The zero-order valence-electron chi connectivity index (χ0n) is 16.8. The maximum Gasteiger partial charge on any atom is 0.422 e. The second-order valence-electron chi connectivity index (χ2n) is 6.94. The fourth-order valence-electron chi connectivity index (χ4n) is 3.39. The number of hydrogen-bond donors (Lipinski definition) is 2. The van der Waals surface area contributed by atoms with Gasteiger partial charge in [0.25, 0.3) is 11.8 Å². The van der Waals surface area contributed by atoms with E-state index in [1.165, 1.54) is 23.2 Å². The summed E-state index contributed by atoms with van der Waals surface area (Å²) in [6.45, 7) is 2.84. The first-order valence-corrected chi connectivity index (χ1v) is 9.27. The number of allylic oxidation sites excluding steroid dienone is 2. The minimum absolute atomic E-state index is 0.0508. The molecule has 0 aromatic carbocycles. The highest BCUT2D eigenvalue weighted by atomic mass is 19.4. The van der Waals surface area contributed by atoms with Gasteiger partial charge in [0.1, 0.15) is 5.69 Å². The van der Waals surface area contributed by atoms with Crippen molar-refractivity contribution in [2.24, 2.45) is 0 Å². The van der Waals surface area contributed by atoms with Crippen LogP contribution in [0.5, 0.6) is 0 Å². The van der Waals surface area contributed by atoms with Crippen molar-refractivity contribution in [3.8, 4) is 0 Å². The van der Waals surface area contributed by atoms with Gasteiger partial charge in [0, 0.05) is 43.0 Å². The van der Waals surface area contributed by atoms with Crippen LogP contribution in [-0.2, 0) is 11.3 Å². The van der Waals surface area contributed by atoms with Gasteiger partial charge < -0.3 is 15.0 Å². The number of alkyl halides is 3. The molecule has 0 bridgehead atoms. The predicted molar refractivity (Wildman–Crippen MR) is 101 cm³/mol. The van der Waals surface area contributed by atoms with Crippen LogP contribution in [-0.4, -0.2) is 59.6 Å². The molecule has 0 aliphatic carbocycles. The highest BCUT2D eigenvalue weighted by Gasteiger charge is 2.33. The third-order valence-corrected chi connectivity index (χ3v) is 4.55. The van der Waals surface area contributed by atoms with E-state index in [-0.39, 0.29) is 36.5 Å². The number of rotatable bonds is 6. The van der Waals surface area contributed by atoms with Crippen molar-refractivity contribution < 1.29 is 27.5 Å². The van der Waals surface area contributed by atoms with Crippen LogP contribution in [0.2, 0.25) is 0 Å². The molecule has 0 saturated carbocycles. The second-order valence-corrected chi connectivity index (χ2v) is 6.94. The van der Waals surface area contributed by atoms with Gasteiger partial charge in [0.15, 0.2) is 6.61 Å². The van der Waals surface area contributed by atoms with Gasteiger partial charge in [-0.25, -0.2) is 0 Å². The summed E-state index contributed by atoms with van der Waals surface area (Å²) in [5.41, 5.74) is 5.19. The Bertz CT molecular complexity index is 926. The van der Waals surface area contributed by atoms with E-state index in [1.54, 1.807) is 26.0 Å². The summed E-state index contributed by atoms with van der Waals surface area (Å²) in [4.78, 5) is 30.7. The Morgan fingerprint density at radius 2 is 2.13 bits per heavy atom. The van der Waals surface area contributed by atoms with Crippen molar-refractivity contribution in [1.29, 1.82) is 0 Å². The van der Waals surface area contributed by atoms with Crippen LogP contribution in [0.25, 0.3) is 0 Å². The van der Waals surface area contributed by atoms with Crippen LogP contribution in [0.15, 0.2) is 35.5 Å². The number of nitrogens with one attached hydrogen (secondary N) is 2. The number of pyridine rings is 1. The molecule has 1 aromatic rings. The monoisotopic (exact) mass is 425 g/mol. The second kappa shape index (κ2) is 8.25.